The van der Waals surface area contributed by atoms with Crippen LogP contribution in [0.2, 0.25) is 0 Å². The van der Waals surface area contributed by atoms with Crippen molar-refractivity contribution in [2.75, 3.05) is 13.1 Å². The molecule has 3 rings (SSSR count). The summed E-state index contributed by atoms with van der Waals surface area (Å²) in [6.45, 7) is 5.55. The van der Waals surface area contributed by atoms with Crippen LogP contribution in [0, 0.1) is 5.82 Å². The van der Waals surface area contributed by atoms with E-state index in [4.69, 9.17) is 0 Å². The molecule has 0 aliphatic carbocycles. The zero-order valence-electron chi connectivity index (χ0n) is 13.1. The molecule has 3 nitrogen and oxygen atoms in total. The zero-order chi connectivity index (χ0) is 15.9. The van der Waals surface area contributed by atoms with Gasteiger partial charge < -0.3 is 4.98 Å². The number of fused-ring (bicyclic) bond motifs is 1. The van der Waals surface area contributed by atoms with Crippen molar-refractivity contribution in [3.8, 4) is 0 Å². The van der Waals surface area contributed by atoms with E-state index in [0.717, 1.165) is 36.8 Å². The third kappa shape index (κ3) is 2.68. The van der Waals surface area contributed by atoms with Crippen molar-refractivity contribution in [1.82, 2.24) is 9.29 Å². The van der Waals surface area contributed by atoms with Crippen molar-refractivity contribution in [2.45, 2.75) is 37.9 Å². The Balaban J connectivity index is 1.79. The van der Waals surface area contributed by atoms with Gasteiger partial charge in [0.2, 0.25) is 0 Å². The van der Waals surface area contributed by atoms with Gasteiger partial charge in [-0.1, -0.05) is 13.8 Å². The molecule has 1 aliphatic heterocycles. The highest BCUT2D eigenvalue weighted by atomic mass is 32.2. The lowest BCUT2D eigenvalue weighted by Crippen LogP contribution is -2.41. The Hall–Kier alpha value is -1.33. The summed E-state index contributed by atoms with van der Waals surface area (Å²) >= 11 is 0. The molecule has 1 aromatic heterocycles. The third-order valence-electron chi connectivity index (χ3n) is 4.74. The van der Waals surface area contributed by atoms with Gasteiger partial charge >= 0.3 is 0 Å². The van der Waals surface area contributed by atoms with Crippen molar-refractivity contribution >= 4 is 26.5 Å². The summed E-state index contributed by atoms with van der Waals surface area (Å²) in [6, 6.07) is 4.90. The number of halogens is 1. The van der Waals surface area contributed by atoms with Crippen LogP contribution in [0.4, 0.5) is 4.39 Å². The van der Waals surface area contributed by atoms with Crippen molar-refractivity contribution in [2.24, 2.45) is 0 Å². The van der Waals surface area contributed by atoms with Gasteiger partial charge in [0, 0.05) is 45.1 Å². The van der Waals surface area contributed by atoms with Crippen LogP contribution in [0.3, 0.4) is 0 Å². The molecule has 2 aromatic rings. The summed E-state index contributed by atoms with van der Waals surface area (Å²) in [5.41, 5.74) is 2.09. The second kappa shape index (κ2) is 5.70. The highest BCUT2D eigenvalue weighted by Crippen LogP contribution is 2.34. The Kier molecular flexibility index (Phi) is 4.03. The molecule has 0 bridgehead atoms. The maximum atomic E-state index is 13.3. The van der Waals surface area contributed by atoms with Gasteiger partial charge in [0.05, 0.1) is 0 Å². The second-order valence-electron chi connectivity index (χ2n) is 6.38. The van der Waals surface area contributed by atoms with Gasteiger partial charge in [0.15, 0.2) is 0 Å². The Labute approximate surface area is 131 Å². The largest absolute Gasteiger partial charge is 0.361 e. The average Bonchev–Trinajstić information content (AvgIpc) is 2.90. The number of benzene rings is 1. The molecule has 1 N–H and O–H groups in total. The van der Waals surface area contributed by atoms with E-state index in [2.05, 4.69) is 10.9 Å². The highest BCUT2D eigenvalue weighted by Gasteiger charge is 2.27. The molecule has 5 heteroatoms. The van der Waals surface area contributed by atoms with Crippen LogP contribution in [0.5, 0.6) is 0 Å². The number of hydrogen-bond acceptors (Lipinski definition) is 1. The molecule has 1 atom stereocenters. The van der Waals surface area contributed by atoms with E-state index in [1.807, 2.05) is 30.4 Å². The van der Waals surface area contributed by atoms with Crippen LogP contribution >= 0.6 is 0 Å². The minimum absolute atomic E-state index is 0.0695. The van der Waals surface area contributed by atoms with E-state index in [9.17, 15) is 8.60 Å². The molecule has 0 amide bonds. The smallest absolute Gasteiger partial charge is 0.125 e. The number of nitrogens with one attached hydrogen (secondary N) is 1. The molecule has 0 saturated carbocycles. The van der Waals surface area contributed by atoms with Crippen LogP contribution in [-0.4, -0.2) is 37.7 Å². The molecule has 1 saturated heterocycles. The zero-order valence-corrected chi connectivity index (χ0v) is 14.0. The van der Waals surface area contributed by atoms with E-state index in [-0.39, 0.29) is 11.1 Å². The Morgan fingerprint density at radius 2 is 2.05 bits per heavy atom. The monoisotopic (exact) mass is 322 g/mol. The van der Waals surface area contributed by atoms with Crippen LogP contribution in [-0.2, 0) is 9.71 Å². The summed E-state index contributed by atoms with van der Waals surface area (Å²) in [5, 5.41) is 1.17. The standard InChI is InChI=1S/C17H23FN2OS/c1-12(2)22(3,21)20-8-6-13(7-9-20)16-11-19-17-10-14(18)4-5-15(16)17/h4-5,10-13,19H,3,6-9H2,1-2H3. The maximum Gasteiger partial charge on any atom is 0.125 e. The number of aromatic amines is 1. The van der Waals surface area contributed by atoms with Gasteiger partial charge in [-0.3, -0.25) is 4.21 Å². The number of H-pyrrole nitrogens is 1. The molecule has 22 heavy (non-hydrogen) atoms. The van der Waals surface area contributed by atoms with Crippen molar-refractivity contribution in [3.05, 3.63) is 35.8 Å². The van der Waals surface area contributed by atoms with Crippen molar-refractivity contribution in [1.29, 1.82) is 0 Å². The van der Waals surface area contributed by atoms with Crippen LogP contribution < -0.4 is 0 Å². The first kappa shape index (κ1) is 15.6. The molecule has 0 radical (unpaired) electrons. The van der Waals surface area contributed by atoms with Crippen LogP contribution in [0.25, 0.3) is 10.9 Å². The fraction of sp³-hybridized carbons (Fsp3) is 0.471. The minimum atomic E-state index is -2.16. The number of piperidine rings is 1. The normalized spacial score (nSPS) is 20.5. The molecule has 0 spiro atoms. The second-order valence-corrected chi connectivity index (χ2v) is 9.21. The van der Waals surface area contributed by atoms with E-state index >= 15 is 0 Å². The molecule has 1 aliphatic rings. The van der Waals surface area contributed by atoms with E-state index < -0.39 is 9.71 Å². The lowest BCUT2D eigenvalue weighted by molar-refractivity contribution is 0.332. The Morgan fingerprint density at radius 3 is 2.68 bits per heavy atom. The first-order valence-corrected chi connectivity index (χ1v) is 9.52. The topological polar surface area (TPSA) is 36.1 Å². The summed E-state index contributed by atoms with van der Waals surface area (Å²) in [7, 11) is -2.16. The summed E-state index contributed by atoms with van der Waals surface area (Å²) in [5.74, 6) is 4.16. The Bertz CT molecular complexity index is 771. The van der Waals surface area contributed by atoms with Gasteiger partial charge in [-0.15, -0.1) is 0 Å². The predicted molar refractivity (Wildman–Crippen MR) is 92.2 cm³/mol. The number of hydrogen-bond donors (Lipinski definition) is 1. The predicted octanol–water partition coefficient (Wildman–Crippen LogP) is 3.53. The lowest BCUT2D eigenvalue weighted by Gasteiger charge is -2.35. The molecule has 1 aromatic carbocycles. The number of rotatable bonds is 3. The van der Waals surface area contributed by atoms with Crippen LogP contribution in [0.1, 0.15) is 38.2 Å². The molecule has 1 unspecified atom stereocenters. The fourth-order valence-corrected chi connectivity index (χ4v) is 4.66. The van der Waals surface area contributed by atoms with Gasteiger partial charge in [-0.2, -0.15) is 0 Å². The van der Waals surface area contributed by atoms with Crippen LogP contribution in [0.15, 0.2) is 24.4 Å². The SMILES string of the molecule is C=S(=O)(C(C)C)N1CCC(c2c[nH]c3cc(F)ccc23)CC1. The quantitative estimate of drug-likeness (QED) is 0.862. The summed E-state index contributed by atoms with van der Waals surface area (Å²) < 4.78 is 28.0. The van der Waals surface area contributed by atoms with Gasteiger partial charge in [0.25, 0.3) is 0 Å². The molecule has 2 heterocycles. The molecular formula is C17H23FN2OS. The van der Waals surface area contributed by atoms with E-state index in [0.29, 0.717) is 5.92 Å². The maximum absolute atomic E-state index is 13.3. The summed E-state index contributed by atoms with van der Waals surface area (Å²) in [4.78, 5) is 3.16. The third-order valence-corrected chi connectivity index (χ3v) is 7.46. The lowest BCUT2D eigenvalue weighted by atomic mass is 9.90. The first-order valence-electron chi connectivity index (χ1n) is 7.77. The van der Waals surface area contributed by atoms with Crippen molar-refractivity contribution < 1.29 is 8.60 Å². The van der Waals surface area contributed by atoms with E-state index in [1.54, 1.807) is 0 Å². The van der Waals surface area contributed by atoms with Gasteiger partial charge in [-0.25, -0.2) is 8.70 Å². The van der Waals surface area contributed by atoms with Gasteiger partial charge in [0.1, 0.15) is 5.82 Å². The summed E-state index contributed by atoms with van der Waals surface area (Å²) in [6.07, 6.45) is 3.92. The van der Waals surface area contributed by atoms with Crippen molar-refractivity contribution in [3.63, 3.8) is 0 Å². The number of nitrogens with zero attached hydrogens (tertiary/aromatic N) is 1. The molecule has 120 valence electrons. The number of aromatic nitrogens is 1. The Morgan fingerprint density at radius 1 is 1.36 bits per heavy atom. The minimum Gasteiger partial charge on any atom is -0.361 e. The fourth-order valence-electron chi connectivity index (χ4n) is 3.23. The first-order chi connectivity index (χ1) is 10.4. The molecular weight excluding hydrogens is 299 g/mol. The van der Waals surface area contributed by atoms with E-state index in [1.165, 1.54) is 17.7 Å². The highest BCUT2D eigenvalue weighted by molar-refractivity contribution is 7.98. The molecule has 1 fully saturated rings. The average molecular weight is 322 g/mol. The van der Waals surface area contributed by atoms with Gasteiger partial charge in [-0.05, 0) is 48.4 Å².